The summed E-state index contributed by atoms with van der Waals surface area (Å²) >= 11 is 0. The van der Waals surface area contributed by atoms with Crippen molar-refractivity contribution in [2.45, 2.75) is 26.4 Å². The first-order valence-electron chi connectivity index (χ1n) is 6.68. The number of nitrogens with zero attached hydrogens (tertiary/aromatic N) is 1. The molecule has 0 bridgehead atoms. The van der Waals surface area contributed by atoms with Gasteiger partial charge < -0.3 is 14.4 Å². The highest BCUT2D eigenvalue weighted by Gasteiger charge is 2.36. The number of amides is 1. The smallest absolute Gasteiger partial charge is 0.307 e. The molecule has 1 aromatic carbocycles. The van der Waals surface area contributed by atoms with Crippen molar-refractivity contribution in [1.82, 2.24) is 0 Å². The normalized spacial score (nSPS) is 17.7. The molecule has 1 atom stereocenters. The number of rotatable bonds is 4. The molecule has 0 radical (unpaired) electrons. The fourth-order valence-electron chi connectivity index (χ4n) is 2.20. The van der Waals surface area contributed by atoms with E-state index in [0.29, 0.717) is 18.0 Å². The van der Waals surface area contributed by atoms with Crippen LogP contribution >= 0.6 is 0 Å². The van der Waals surface area contributed by atoms with Crippen LogP contribution in [0.2, 0.25) is 0 Å². The van der Waals surface area contributed by atoms with Crippen molar-refractivity contribution in [3.05, 3.63) is 24.3 Å². The molecule has 1 aliphatic rings. The number of para-hydroxylation sites is 2. The number of hydrogen-bond acceptors (Lipinski definition) is 4. The Hall–Kier alpha value is -2.04. The third-order valence-corrected chi connectivity index (χ3v) is 3.29. The Labute approximate surface area is 118 Å². The summed E-state index contributed by atoms with van der Waals surface area (Å²) in [5.74, 6) is 0.303. The molecule has 0 saturated heterocycles. The standard InChI is InChI=1S/C15H19NO4/c1-10(2)14-15(18)16(9-8-13(17)19-3)11-6-4-5-7-12(11)20-14/h4-7,10,14H,8-9H2,1-3H3. The van der Waals surface area contributed by atoms with Crippen molar-refractivity contribution < 1.29 is 19.1 Å². The number of carbonyl (C=O) groups is 2. The maximum Gasteiger partial charge on any atom is 0.307 e. The average molecular weight is 277 g/mol. The fourth-order valence-corrected chi connectivity index (χ4v) is 2.20. The molecule has 108 valence electrons. The van der Waals surface area contributed by atoms with Crippen molar-refractivity contribution in [2.75, 3.05) is 18.6 Å². The second kappa shape index (κ2) is 5.94. The SMILES string of the molecule is COC(=O)CCN1C(=O)C(C(C)C)Oc2ccccc21. The van der Waals surface area contributed by atoms with Crippen LogP contribution in [0.3, 0.4) is 0 Å². The predicted octanol–water partition coefficient (Wildman–Crippen LogP) is 2.00. The highest BCUT2D eigenvalue weighted by molar-refractivity contribution is 6.00. The van der Waals surface area contributed by atoms with Gasteiger partial charge in [0.25, 0.3) is 5.91 Å². The minimum absolute atomic E-state index is 0.0662. The number of benzene rings is 1. The molecule has 20 heavy (non-hydrogen) atoms. The second-order valence-electron chi connectivity index (χ2n) is 5.07. The van der Waals surface area contributed by atoms with Crippen LogP contribution in [0.5, 0.6) is 5.75 Å². The zero-order valence-corrected chi connectivity index (χ0v) is 12.0. The second-order valence-corrected chi connectivity index (χ2v) is 5.07. The summed E-state index contributed by atoms with van der Waals surface area (Å²) in [5.41, 5.74) is 0.707. The van der Waals surface area contributed by atoms with Gasteiger partial charge in [0.2, 0.25) is 0 Å². The van der Waals surface area contributed by atoms with Crippen molar-refractivity contribution in [3.63, 3.8) is 0 Å². The summed E-state index contributed by atoms with van der Waals surface area (Å²) in [5, 5.41) is 0. The van der Waals surface area contributed by atoms with Crippen LogP contribution in [0.4, 0.5) is 5.69 Å². The predicted molar refractivity (Wildman–Crippen MR) is 74.7 cm³/mol. The molecule has 2 rings (SSSR count). The van der Waals surface area contributed by atoms with E-state index in [2.05, 4.69) is 4.74 Å². The molecule has 1 aliphatic heterocycles. The van der Waals surface area contributed by atoms with E-state index in [1.54, 1.807) is 4.90 Å². The number of carbonyl (C=O) groups excluding carboxylic acids is 2. The van der Waals surface area contributed by atoms with Gasteiger partial charge in [0.1, 0.15) is 5.75 Å². The minimum atomic E-state index is -0.512. The summed E-state index contributed by atoms with van der Waals surface area (Å²) in [6.45, 7) is 4.18. The van der Waals surface area contributed by atoms with Gasteiger partial charge in [-0.25, -0.2) is 0 Å². The largest absolute Gasteiger partial charge is 0.478 e. The van der Waals surface area contributed by atoms with Crippen molar-refractivity contribution in [3.8, 4) is 5.75 Å². The first kappa shape index (κ1) is 14.4. The highest BCUT2D eigenvalue weighted by Crippen LogP contribution is 2.35. The Morgan fingerprint density at radius 3 is 2.75 bits per heavy atom. The molecule has 0 N–H and O–H groups in total. The molecule has 0 aliphatic carbocycles. The van der Waals surface area contributed by atoms with Gasteiger partial charge >= 0.3 is 5.97 Å². The summed E-state index contributed by atoms with van der Waals surface area (Å²) in [6.07, 6.45) is -0.343. The van der Waals surface area contributed by atoms with Gasteiger partial charge in [-0.15, -0.1) is 0 Å². The molecular formula is C15H19NO4. The molecule has 1 heterocycles. The Morgan fingerprint density at radius 1 is 1.40 bits per heavy atom. The van der Waals surface area contributed by atoms with Gasteiger partial charge in [0.15, 0.2) is 6.10 Å². The van der Waals surface area contributed by atoms with Gasteiger partial charge in [-0.3, -0.25) is 9.59 Å². The third-order valence-electron chi connectivity index (χ3n) is 3.29. The summed E-state index contributed by atoms with van der Waals surface area (Å²) in [6, 6.07) is 7.37. The summed E-state index contributed by atoms with van der Waals surface area (Å²) in [7, 11) is 1.34. The average Bonchev–Trinajstić information content (AvgIpc) is 2.45. The highest BCUT2D eigenvalue weighted by atomic mass is 16.5. The first-order valence-corrected chi connectivity index (χ1v) is 6.68. The van der Waals surface area contributed by atoms with E-state index >= 15 is 0 Å². The molecule has 1 aromatic rings. The zero-order valence-electron chi connectivity index (χ0n) is 12.0. The lowest BCUT2D eigenvalue weighted by Crippen LogP contribution is -2.49. The molecule has 0 aromatic heterocycles. The van der Waals surface area contributed by atoms with E-state index in [1.165, 1.54) is 7.11 Å². The van der Waals surface area contributed by atoms with E-state index in [-0.39, 0.29) is 24.2 Å². The van der Waals surface area contributed by atoms with Crippen molar-refractivity contribution in [1.29, 1.82) is 0 Å². The maximum absolute atomic E-state index is 12.5. The van der Waals surface area contributed by atoms with E-state index in [9.17, 15) is 9.59 Å². The molecular weight excluding hydrogens is 258 g/mol. The van der Waals surface area contributed by atoms with Gasteiger partial charge in [-0.2, -0.15) is 0 Å². The topological polar surface area (TPSA) is 55.8 Å². The van der Waals surface area contributed by atoms with Crippen molar-refractivity contribution >= 4 is 17.6 Å². The molecule has 1 amide bonds. The number of fused-ring (bicyclic) bond motifs is 1. The lowest BCUT2D eigenvalue weighted by molar-refractivity contribution is -0.140. The van der Waals surface area contributed by atoms with Crippen LogP contribution in [0.1, 0.15) is 20.3 Å². The molecule has 5 nitrogen and oxygen atoms in total. The molecule has 5 heteroatoms. The number of anilines is 1. The van der Waals surface area contributed by atoms with E-state index < -0.39 is 6.10 Å². The van der Waals surface area contributed by atoms with E-state index in [1.807, 2.05) is 38.1 Å². The zero-order chi connectivity index (χ0) is 14.7. The fraction of sp³-hybridized carbons (Fsp3) is 0.467. The number of esters is 1. The van der Waals surface area contributed by atoms with Crippen LogP contribution < -0.4 is 9.64 Å². The third kappa shape index (κ3) is 2.76. The molecule has 0 fully saturated rings. The Balaban J connectivity index is 2.27. The number of methoxy groups -OCH3 is 1. The first-order chi connectivity index (χ1) is 9.54. The van der Waals surface area contributed by atoms with Gasteiger partial charge in [0.05, 0.1) is 19.2 Å². The van der Waals surface area contributed by atoms with Crippen LogP contribution in [0.15, 0.2) is 24.3 Å². The van der Waals surface area contributed by atoms with E-state index in [4.69, 9.17) is 4.74 Å². The van der Waals surface area contributed by atoms with Gasteiger partial charge in [-0.05, 0) is 18.1 Å². The summed E-state index contributed by atoms with van der Waals surface area (Å²) < 4.78 is 10.4. The van der Waals surface area contributed by atoms with E-state index in [0.717, 1.165) is 0 Å². The van der Waals surface area contributed by atoms with Crippen LogP contribution in [-0.4, -0.2) is 31.6 Å². The van der Waals surface area contributed by atoms with Gasteiger partial charge in [-0.1, -0.05) is 26.0 Å². The Kier molecular flexibility index (Phi) is 4.27. The number of hydrogen-bond donors (Lipinski definition) is 0. The number of ether oxygens (including phenoxy) is 2. The van der Waals surface area contributed by atoms with Crippen LogP contribution in [-0.2, 0) is 14.3 Å². The quantitative estimate of drug-likeness (QED) is 0.790. The monoisotopic (exact) mass is 277 g/mol. The van der Waals surface area contributed by atoms with Crippen molar-refractivity contribution in [2.24, 2.45) is 5.92 Å². The van der Waals surface area contributed by atoms with Gasteiger partial charge in [0, 0.05) is 6.54 Å². The van der Waals surface area contributed by atoms with Crippen LogP contribution in [0.25, 0.3) is 0 Å². The lowest BCUT2D eigenvalue weighted by Gasteiger charge is -2.35. The molecule has 0 saturated carbocycles. The lowest BCUT2D eigenvalue weighted by atomic mass is 10.0. The Morgan fingerprint density at radius 2 is 2.10 bits per heavy atom. The molecule has 0 spiro atoms. The van der Waals surface area contributed by atoms with Crippen LogP contribution in [0, 0.1) is 5.92 Å². The minimum Gasteiger partial charge on any atom is -0.478 e. The summed E-state index contributed by atoms with van der Waals surface area (Å²) in [4.78, 5) is 25.4. The molecule has 1 unspecified atom stereocenters. The maximum atomic E-state index is 12.5. The Bertz CT molecular complexity index is 512.